The highest BCUT2D eigenvalue weighted by Gasteiger charge is 2.16. The van der Waals surface area contributed by atoms with E-state index >= 15 is 0 Å². The van der Waals surface area contributed by atoms with E-state index in [4.69, 9.17) is 10.5 Å². The van der Waals surface area contributed by atoms with Crippen LogP contribution < -0.4 is 10.5 Å². The highest BCUT2D eigenvalue weighted by Crippen LogP contribution is 2.24. The Labute approximate surface area is 157 Å². The van der Waals surface area contributed by atoms with E-state index in [1.165, 1.54) is 0 Å². The van der Waals surface area contributed by atoms with Gasteiger partial charge in [0.2, 0.25) is 5.91 Å². The van der Waals surface area contributed by atoms with Gasteiger partial charge in [0, 0.05) is 36.1 Å². The maximum absolute atomic E-state index is 12.4. The SMILES string of the molecule is COc1ccc(Br)cc1CN(C)C(=O)CC(N)c1ccccc1.Cl. The third-order valence-corrected chi connectivity index (χ3v) is 4.19. The molecule has 2 aromatic rings. The molecule has 2 rings (SSSR count). The van der Waals surface area contributed by atoms with Crippen molar-refractivity contribution in [2.75, 3.05) is 14.2 Å². The van der Waals surface area contributed by atoms with Gasteiger partial charge in [0.05, 0.1) is 7.11 Å². The largest absolute Gasteiger partial charge is 0.496 e. The third kappa shape index (κ3) is 5.51. The van der Waals surface area contributed by atoms with Gasteiger partial charge in [-0.2, -0.15) is 0 Å². The standard InChI is InChI=1S/C18H21BrN2O2.ClH/c1-21(12-14-10-15(19)8-9-17(14)23-2)18(22)11-16(20)13-6-4-3-5-7-13;/h3-10,16H,11-12,20H2,1-2H3;1H. The predicted octanol–water partition coefficient (Wildman–Crippen LogP) is 3.93. The molecule has 0 saturated carbocycles. The first kappa shape index (κ1) is 20.5. The van der Waals surface area contributed by atoms with Gasteiger partial charge in [0.15, 0.2) is 0 Å². The molecule has 4 nitrogen and oxygen atoms in total. The van der Waals surface area contributed by atoms with Crippen molar-refractivity contribution in [3.05, 3.63) is 64.1 Å². The summed E-state index contributed by atoms with van der Waals surface area (Å²) in [6.45, 7) is 0.475. The molecular weight excluding hydrogens is 392 g/mol. The molecule has 0 fully saturated rings. The van der Waals surface area contributed by atoms with Gasteiger partial charge in [-0.05, 0) is 23.8 Å². The Kier molecular flexibility index (Phi) is 8.25. The first-order valence-corrected chi connectivity index (χ1v) is 8.17. The molecule has 6 heteroatoms. The number of amides is 1. The molecule has 0 aliphatic heterocycles. The second kappa shape index (κ2) is 9.67. The first-order valence-electron chi connectivity index (χ1n) is 7.38. The van der Waals surface area contributed by atoms with E-state index in [2.05, 4.69) is 15.9 Å². The van der Waals surface area contributed by atoms with Gasteiger partial charge in [0.25, 0.3) is 0 Å². The molecule has 0 aliphatic rings. The lowest BCUT2D eigenvalue weighted by Gasteiger charge is -2.21. The van der Waals surface area contributed by atoms with Crippen molar-refractivity contribution >= 4 is 34.2 Å². The van der Waals surface area contributed by atoms with Gasteiger partial charge in [-0.3, -0.25) is 4.79 Å². The maximum atomic E-state index is 12.4. The minimum absolute atomic E-state index is 0. The molecule has 0 spiro atoms. The molecule has 1 unspecified atom stereocenters. The molecule has 0 aliphatic carbocycles. The predicted molar refractivity (Wildman–Crippen MR) is 102 cm³/mol. The highest BCUT2D eigenvalue weighted by atomic mass is 79.9. The summed E-state index contributed by atoms with van der Waals surface area (Å²) in [5, 5.41) is 0. The number of hydrogen-bond donors (Lipinski definition) is 1. The number of carbonyl (C=O) groups is 1. The van der Waals surface area contributed by atoms with Crippen molar-refractivity contribution in [3.8, 4) is 5.75 Å². The normalized spacial score (nSPS) is 11.3. The summed E-state index contributed by atoms with van der Waals surface area (Å²) in [6.07, 6.45) is 0.275. The summed E-state index contributed by atoms with van der Waals surface area (Å²) in [4.78, 5) is 14.1. The van der Waals surface area contributed by atoms with Crippen LogP contribution in [0.5, 0.6) is 5.75 Å². The quantitative estimate of drug-likeness (QED) is 0.780. The van der Waals surface area contributed by atoms with Gasteiger partial charge in [-0.15, -0.1) is 12.4 Å². The summed E-state index contributed by atoms with van der Waals surface area (Å²) in [5.41, 5.74) is 8.04. The van der Waals surface area contributed by atoms with Crippen molar-refractivity contribution in [1.82, 2.24) is 4.90 Å². The molecule has 24 heavy (non-hydrogen) atoms. The number of hydrogen-bond acceptors (Lipinski definition) is 3. The van der Waals surface area contributed by atoms with Crippen molar-refractivity contribution in [3.63, 3.8) is 0 Å². The number of carbonyl (C=O) groups excluding carboxylic acids is 1. The molecule has 0 heterocycles. The van der Waals surface area contributed by atoms with Crippen LogP contribution in [0.4, 0.5) is 0 Å². The molecule has 2 aromatic carbocycles. The van der Waals surface area contributed by atoms with Crippen LogP contribution in [0.1, 0.15) is 23.6 Å². The monoisotopic (exact) mass is 412 g/mol. The van der Waals surface area contributed by atoms with E-state index in [9.17, 15) is 4.79 Å². The maximum Gasteiger partial charge on any atom is 0.224 e. The average Bonchev–Trinajstić information content (AvgIpc) is 2.55. The summed E-state index contributed by atoms with van der Waals surface area (Å²) in [7, 11) is 3.40. The van der Waals surface area contributed by atoms with Crippen LogP contribution in [0.25, 0.3) is 0 Å². The minimum Gasteiger partial charge on any atom is -0.496 e. The molecule has 0 aromatic heterocycles. The Morgan fingerprint density at radius 2 is 1.92 bits per heavy atom. The van der Waals surface area contributed by atoms with Crippen molar-refractivity contribution in [2.45, 2.75) is 19.0 Å². The van der Waals surface area contributed by atoms with Crippen LogP contribution in [-0.4, -0.2) is 25.0 Å². The number of ether oxygens (including phenoxy) is 1. The topological polar surface area (TPSA) is 55.6 Å². The summed E-state index contributed by atoms with van der Waals surface area (Å²) in [5.74, 6) is 0.767. The lowest BCUT2D eigenvalue weighted by atomic mass is 10.0. The Balaban J connectivity index is 0.00000288. The number of nitrogens with zero attached hydrogens (tertiary/aromatic N) is 1. The molecule has 0 radical (unpaired) electrons. The summed E-state index contributed by atoms with van der Waals surface area (Å²) < 4.78 is 6.30. The minimum atomic E-state index is -0.296. The van der Waals surface area contributed by atoms with E-state index in [0.29, 0.717) is 6.54 Å². The lowest BCUT2D eigenvalue weighted by molar-refractivity contribution is -0.130. The second-order valence-electron chi connectivity index (χ2n) is 5.43. The number of rotatable bonds is 6. The van der Waals surface area contributed by atoms with E-state index in [0.717, 1.165) is 21.3 Å². The van der Waals surface area contributed by atoms with Gasteiger partial charge < -0.3 is 15.4 Å². The van der Waals surface area contributed by atoms with E-state index in [1.54, 1.807) is 19.1 Å². The number of nitrogens with two attached hydrogens (primary N) is 1. The number of methoxy groups -OCH3 is 1. The zero-order valence-corrected chi connectivity index (χ0v) is 16.1. The fourth-order valence-electron chi connectivity index (χ4n) is 2.38. The number of benzene rings is 2. The average molecular weight is 414 g/mol. The summed E-state index contributed by atoms with van der Waals surface area (Å²) in [6, 6.07) is 15.1. The molecule has 1 atom stereocenters. The molecule has 2 N–H and O–H groups in total. The second-order valence-corrected chi connectivity index (χ2v) is 6.34. The van der Waals surface area contributed by atoms with Crippen molar-refractivity contribution in [1.29, 1.82) is 0 Å². The zero-order chi connectivity index (χ0) is 16.8. The van der Waals surface area contributed by atoms with E-state index in [1.807, 2.05) is 48.5 Å². The van der Waals surface area contributed by atoms with Gasteiger partial charge in [-0.1, -0.05) is 46.3 Å². The van der Waals surface area contributed by atoms with Gasteiger partial charge >= 0.3 is 0 Å². The van der Waals surface area contributed by atoms with Crippen LogP contribution in [0, 0.1) is 0 Å². The fraction of sp³-hybridized carbons (Fsp3) is 0.278. The van der Waals surface area contributed by atoms with Crippen LogP contribution in [-0.2, 0) is 11.3 Å². The smallest absolute Gasteiger partial charge is 0.224 e. The van der Waals surface area contributed by atoms with E-state index < -0.39 is 0 Å². The Morgan fingerprint density at radius 3 is 2.54 bits per heavy atom. The van der Waals surface area contributed by atoms with Crippen LogP contribution in [0.2, 0.25) is 0 Å². The van der Waals surface area contributed by atoms with Crippen LogP contribution in [0.15, 0.2) is 53.0 Å². The van der Waals surface area contributed by atoms with Crippen molar-refractivity contribution in [2.24, 2.45) is 5.73 Å². The van der Waals surface area contributed by atoms with Crippen molar-refractivity contribution < 1.29 is 9.53 Å². The third-order valence-electron chi connectivity index (χ3n) is 3.70. The van der Waals surface area contributed by atoms with E-state index in [-0.39, 0.29) is 30.8 Å². The molecule has 1 amide bonds. The molecular formula is C18H22BrClN2O2. The van der Waals surface area contributed by atoms with Gasteiger partial charge in [0.1, 0.15) is 5.75 Å². The molecule has 0 saturated heterocycles. The van der Waals surface area contributed by atoms with Crippen LogP contribution in [0.3, 0.4) is 0 Å². The Bertz CT molecular complexity index is 667. The Hall–Kier alpha value is -1.56. The molecule has 0 bridgehead atoms. The number of halogens is 2. The lowest BCUT2D eigenvalue weighted by Crippen LogP contribution is -2.29. The zero-order valence-electron chi connectivity index (χ0n) is 13.7. The Morgan fingerprint density at radius 1 is 1.25 bits per heavy atom. The fourth-order valence-corrected chi connectivity index (χ4v) is 2.78. The highest BCUT2D eigenvalue weighted by molar-refractivity contribution is 9.10. The van der Waals surface area contributed by atoms with Gasteiger partial charge in [-0.25, -0.2) is 0 Å². The molecule has 130 valence electrons. The van der Waals surface area contributed by atoms with Crippen LogP contribution >= 0.6 is 28.3 Å². The first-order chi connectivity index (χ1) is 11.0. The summed E-state index contributed by atoms with van der Waals surface area (Å²) >= 11 is 3.44.